The smallest absolute Gasteiger partial charge is 0.341 e. The second kappa shape index (κ2) is 12.9. The molecular weight excluding hydrogens is 288 g/mol. The van der Waals surface area contributed by atoms with Crippen molar-refractivity contribution in [1.82, 2.24) is 0 Å². The molecule has 0 aliphatic heterocycles. The normalized spacial score (nSPS) is 12.1. The predicted octanol–water partition coefficient (Wildman–Crippen LogP) is 2.16. The first-order valence-electron chi connectivity index (χ1n) is 6.88. The van der Waals surface area contributed by atoms with Crippen molar-refractivity contribution in [2.24, 2.45) is 0 Å². The van der Waals surface area contributed by atoms with Crippen LogP contribution in [0.3, 0.4) is 0 Å². The molecule has 0 bridgehead atoms. The fourth-order valence-electron chi connectivity index (χ4n) is 1.25. The van der Waals surface area contributed by atoms with Crippen LogP contribution in [0.15, 0.2) is 36.0 Å². The molecule has 0 aromatic rings. The van der Waals surface area contributed by atoms with Gasteiger partial charge < -0.3 is 18.9 Å². The van der Waals surface area contributed by atoms with Crippen LogP contribution in [0.25, 0.3) is 0 Å². The van der Waals surface area contributed by atoms with Crippen molar-refractivity contribution < 1.29 is 28.5 Å². The number of esters is 2. The highest BCUT2D eigenvalue weighted by molar-refractivity contribution is 6.01. The Morgan fingerprint density at radius 2 is 1.64 bits per heavy atom. The van der Waals surface area contributed by atoms with Crippen LogP contribution in [-0.2, 0) is 28.5 Å². The SMILES string of the molecule is C=CCOCC=C(C)C(=O)OC(=O)C(C)=CCCOCOC. The zero-order valence-corrected chi connectivity index (χ0v) is 13.4. The van der Waals surface area contributed by atoms with Gasteiger partial charge in [0.25, 0.3) is 0 Å². The minimum atomic E-state index is -0.685. The molecule has 22 heavy (non-hydrogen) atoms. The van der Waals surface area contributed by atoms with Crippen LogP contribution in [0.2, 0.25) is 0 Å². The molecule has 0 saturated heterocycles. The third kappa shape index (κ3) is 10.0. The van der Waals surface area contributed by atoms with E-state index in [-0.39, 0.29) is 13.4 Å². The Morgan fingerprint density at radius 1 is 1.00 bits per heavy atom. The summed E-state index contributed by atoms with van der Waals surface area (Å²) in [6.07, 6.45) is 5.34. The van der Waals surface area contributed by atoms with Crippen LogP contribution in [-0.4, -0.2) is 45.7 Å². The molecule has 0 fully saturated rings. The van der Waals surface area contributed by atoms with Gasteiger partial charge in [-0.2, -0.15) is 0 Å². The van der Waals surface area contributed by atoms with E-state index >= 15 is 0 Å². The van der Waals surface area contributed by atoms with Gasteiger partial charge in [-0.3, -0.25) is 0 Å². The van der Waals surface area contributed by atoms with E-state index in [4.69, 9.17) is 18.9 Å². The van der Waals surface area contributed by atoms with Crippen LogP contribution >= 0.6 is 0 Å². The third-order valence-electron chi connectivity index (χ3n) is 2.49. The summed E-state index contributed by atoms with van der Waals surface area (Å²) in [5.41, 5.74) is 0.665. The summed E-state index contributed by atoms with van der Waals surface area (Å²) in [6, 6.07) is 0. The summed E-state index contributed by atoms with van der Waals surface area (Å²) < 4.78 is 19.7. The second-order valence-corrected chi connectivity index (χ2v) is 4.38. The topological polar surface area (TPSA) is 71.1 Å². The van der Waals surface area contributed by atoms with Crippen molar-refractivity contribution in [1.29, 1.82) is 0 Å². The van der Waals surface area contributed by atoms with Crippen LogP contribution in [0.1, 0.15) is 20.3 Å². The fourth-order valence-corrected chi connectivity index (χ4v) is 1.25. The molecule has 0 radical (unpaired) electrons. The maximum atomic E-state index is 11.7. The maximum absolute atomic E-state index is 11.7. The van der Waals surface area contributed by atoms with Gasteiger partial charge in [-0.05, 0) is 26.3 Å². The van der Waals surface area contributed by atoms with Crippen molar-refractivity contribution in [3.8, 4) is 0 Å². The van der Waals surface area contributed by atoms with Gasteiger partial charge in [-0.25, -0.2) is 9.59 Å². The Balaban J connectivity index is 4.18. The molecular formula is C16H24O6. The van der Waals surface area contributed by atoms with Gasteiger partial charge in [-0.1, -0.05) is 12.2 Å². The highest BCUT2D eigenvalue weighted by Crippen LogP contribution is 2.04. The van der Waals surface area contributed by atoms with Crippen molar-refractivity contribution in [3.63, 3.8) is 0 Å². The van der Waals surface area contributed by atoms with E-state index in [1.807, 2.05) is 0 Å². The number of methoxy groups -OCH3 is 1. The minimum Gasteiger partial charge on any atom is -0.386 e. The first-order chi connectivity index (χ1) is 10.5. The number of carbonyl (C=O) groups excluding carboxylic acids is 2. The van der Waals surface area contributed by atoms with Gasteiger partial charge in [0.15, 0.2) is 0 Å². The molecule has 0 aromatic carbocycles. The largest absolute Gasteiger partial charge is 0.386 e. The lowest BCUT2D eigenvalue weighted by atomic mass is 10.2. The molecule has 0 rings (SSSR count). The van der Waals surface area contributed by atoms with Crippen molar-refractivity contribution in [2.75, 3.05) is 33.7 Å². The summed E-state index contributed by atoms with van der Waals surface area (Å²) in [4.78, 5) is 23.4. The lowest BCUT2D eigenvalue weighted by molar-refractivity contribution is -0.154. The van der Waals surface area contributed by atoms with Gasteiger partial charge in [0.2, 0.25) is 0 Å². The van der Waals surface area contributed by atoms with E-state index in [0.29, 0.717) is 30.8 Å². The lowest BCUT2D eigenvalue weighted by Gasteiger charge is -2.04. The lowest BCUT2D eigenvalue weighted by Crippen LogP contribution is -2.14. The molecule has 124 valence electrons. The zero-order chi connectivity index (χ0) is 16.8. The standard InChI is InChI=1S/C16H24O6/c1-5-9-20-11-8-14(3)16(18)22-15(17)13(2)7-6-10-21-12-19-4/h5,7-8H,1,6,9-12H2,2-4H3. The van der Waals surface area contributed by atoms with Gasteiger partial charge in [0.1, 0.15) is 6.79 Å². The number of rotatable bonds is 11. The Morgan fingerprint density at radius 3 is 2.23 bits per heavy atom. The molecule has 0 aromatic heterocycles. The number of hydrogen-bond acceptors (Lipinski definition) is 6. The average molecular weight is 312 g/mol. The third-order valence-corrected chi connectivity index (χ3v) is 2.49. The average Bonchev–Trinajstić information content (AvgIpc) is 2.50. The molecule has 0 unspecified atom stereocenters. The molecule has 0 saturated carbocycles. The van der Waals surface area contributed by atoms with Crippen LogP contribution < -0.4 is 0 Å². The van der Waals surface area contributed by atoms with Crippen molar-refractivity contribution in [2.45, 2.75) is 20.3 Å². The number of ether oxygens (including phenoxy) is 4. The van der Waals surface area contributed by atoms with Crippen molar-refractivity contribution >= 4 is 11.9 Å². The van der Waals surface area contributed by atoms with E-state index in [1.165, 1.54) is 7.11 Å². The minimum absolute atomic E-state index is 0.202. The molecule has 0 N–H and O–H groups in total. The number of hydrogen-bond donors (Lipinski definition) is 0. The fraction of sp³-hybridized carbons (Fsp3) is 0.500. The Bertz CT molecular complexity index is 422. The van der Waals surface area contributed by atoms with Gasteiger partial charge in [-0.15, -0.1) is 6.58 Å². The van der Waals surface area contributed by atoms with Gasteiger partial charge in [0, 0.05) is 18.3 Å². The molecule has 0 atom stereocenters. The predicted molar refractivity (Wildman–Crippen MR) is 82.1 cm³/mol. The van der Waals surface area contributed by atoms with E-state index < -0.39 is 11.9 Å². The molecule has 0 spiro atoms. The summed E-state index contributed by atoms with van der Waals surface area (Å²) in [5, 5.41) is 0. The highest BCUT2D eigenvalue weighted by atomic mass is 16.7. The summed E-state index contributed by atoms with van der Waals surface area (Å²) in [6.45, 7) is 7.92. The van der Waals surface area contributed by atoms with E-state index in [0.717, 1.165) is 0 Å². The Kier molecular flexibility index (Phi) is 11.9. The Hall–Kier alpha value is -1.76. The second-order valence-electron chi connectivity index (χ2n) is 4.38. The van der Waals surface area contributed by atoms with Crippen LogP contribution in [0.5, 0.6) is 0 Å². The highest BCUT2D eigenvalue weighted by Gasteiger charge is 2.13. The van der Waals surface area contributed by atoms with Crippen LogP contribution in [0, 0.1) is 0 Å². The summed E-state index contributed by atoms with van der Waals surface area (Å²) in [7, 11) is 1.53. The molecule has 0 heterocycles. The van der Waals surface area contributed by atoms with Crippen molar-refractivity contribution in [3.05, 3.63) is 36.0 Å². The van der Waals surface area contributed by atoms with E-state index in [2.05, 4.69) is 6.58 Å². The summed E-state index contributed by atoms with van der Waals surface area (Å²) >= 11 is 0. The first-order valence-corrected chi connectivity index (χ1v) is 6.88. The molecule has 0 aliphatic carbocycles. The van der Waals surface area contributed by atoms with Gasteiger partial charge in [0.05, 0.1) is 19.8 Å². The Labute approximate surface area is 131 Å². The zero-order valence-electron chi connectivity index (χ0n) is 13.4. The molecule has 0 amide bonds. The molecule has 0 aliphatic rings. The number of carbonyl (C=O) groups is 2. The quantitative estimate of drug-likeness (QED) is 0.145. The first kappa shape index (κ1) is 20.2. The van der Waals surface area contributed by atoms with Crippen LogP contribution in [0.4, 0.5) is 0 Å². The molecule has 6 heteroatoms. The van der Waals surface area contributed by atoms with Gasteiger partial charge >= 0.3 is 11.9 Å². The van der Waals surface area contributed by atoms with E-state index in [1.54, 1.807) is 32.1 Å². The maximum Gasteiger partial charge on any atom is 0.341 e. The summed E-state index contributed by atoms with van der Waals surface area (Å²) in [5.74, 6) is -1.35. The monoisotopic (exact) mass is 312 g/mol. The van der Waals surface area contributed by atoms with E-state index in [9.17, 15) is 9.59 Å². The molecule has 6 nitrogen and oxygen atoms in total.